The zero-order valence-electron chi connectivity index (χ0n) is 34.5. The van der Waals surface area contributed by atoms with Crippen LogP contribution in [0.2, 0.25) is 0 Å². The minimum Gasteiger partial charge on any atom is -0.349 e. The first kappa shape index (κ1) is 23.6. The van der Waals surface area contributed by atoms with Crippen molar-refractivity contribution in [2.75, 3.05) is 5.32 Å². The largest absolute Gasteiger partial charge is 0.349 e. The lowest BCUT2D eigenvalue weighted by Gasteiger charge is -2.42. The maximum absolute atomic E-state index is 12.3. The number of benzene rings is 5. The zero-order chi connectivity index (χ0) is 38.9. The summed E-state index contributed by atoms with van der Waals surface area (Å²) in [6, 6.07) is 17.3. The molecule has 4 heteroatoms. The number of hydrogen-bond donors (Lipinski definition) is 1. The minimum absolute atomic E-state index is 0.0175. The Labute approximate surface area is 283 Å². The third-order valence-corrected chi connectivity index (χ3v) is 9.13. The van der Waals surface area contributed by atoms with Gasteiger partial charge in [0.25, 0.3) is 5.69 Å². The molecule has 0 bridgehead atoms. The summed E-state index contributed by atoms with van der Waals surface area (Å²) >= 11 is 0. The van der Waals surface area contributed by atoms with Gasteiger partial charge in [-0.05, 0) is 92.3 Å². The molecule has 1 N–H and O–H groups in total. The number of nitro groups is 1. The van der Waals surface area contributed by atoms with E-state index in [1.165, 1.54) is 6.07 Å². The number of nitrogens with zero attached hydrogens (tertiary/aromatic N) is 1. The lowest BCUT2D eigenvalue weighted by molar-refractivity contribution is -0.383. The molecule has 1 aliphatic rings. The van der Waals surface area contributed by atoms with E-state index in [0.717, 1.165) is 18.4 Å². The molecule has 0 unspecified atom stereocenters. The summed E-state index contributed by atoms with van der Waals surface area (Å²) in [6.45, 7) is 14.2. The molecule has 0 amide bonds. The number of hydrogen-bond acceptors (Lipinski definition) is 3. The second kappa shape index (κ2) is 11.6. The van der Waals surface area contributed by atoms with Crippen LogP contribution < -0.4 is 5.32 Å². The van der Waals surface area contributed by atoms with Crippen molar-refractivity contribution in [3.05, 3.63) is 136 Å². The molecule has 0 aromatic heterocycles. The van der Waals surface area contributed by atoms with Crippen molar-refractivity contribution in [2.24, 2.45) is 0 Å². The van der Waals surface area contributed by atoms with Crippen LogP contribution in [0.4, 0.5) is 17.1 Å². The Hall–Kier alpha value is -4.70. The van der Waals surface area contributed by atoms with Crippen molar-refractivity contribution in [2.45, 2.75) is 77.6 Å². The van der Waals surface area contributed by atoms with E-state index in [0.29, 0.717) is 22.3 Å². The minimum atomic E-state index is -0.545. The highest BCUT2D eigenvalue weighted by Crippen LogP contribution is 2.49. The van der Waals surface area contributed by atoms with Crippen molar-refractivity contribution >= 4 is 17.1 Å². The van der Waals surface area contributed by atoms with Crippen molar-refractivity contribution in [3.63, 3.8) is 0 Å². The van der Waals surface area contributed by atoms with E-state index in [9.17, 15) is 17.0 Å². The number of nitro benzene ring substituents is 1. The van der Waals surface area contributed by atoms with E-state index < -0.39 is 21.2 Å². The van der Waals surface area contributed by atoms with Crippen LogP contribution >= 0.6 is 0 Å². The molecule has 0 radical (unpaired) electrons. The Kier molecular flexibility index (Phi) is 5.95. The van der Waals surface area contributed by atoms with Gasteiger partial charge in [-0.3, -0.25) is 10.1 Å². The molecule has 234 valence electrons. The van der Waals surface area contributed by atoms with E-state index in [1.54, 1.807) is 48.5 Å². The van der Waals surface area contributed by atoms with Crippen LogP contribution in [0.3, 0.4) is 0 Å². The topological polar surface area (TPSA) is 55.2 Å². The Morgan fingerprint density at radius 2 is 1.33 bits per heavy atom. The van der Waals surface area contributed by atoms with Crippen LogP contribution in [0.1, 0.15) is 87.6 Å². The van der Waals surface area contributed by atoms with E-state index in [-0.39, 0.29) is 81.6 Å². The highest BCUT2D eigenvalue weighted by molar-refractivity contribution is 5.95. The molecule has 4 nitrogen and oxygen atoms in total. The normalized spacial score (nSPS) is 17.3. The monoisotopic (exact) mass is 615 g/mol. The van der Waals surface area contributed by atoms with E-state index in [1.807, 2.05) is 46.8 Å². The van der Waals surface area contributed by atoms with Gasteiger partial charge in [-0.15, -0.1) is 0 Å². The first-order chi connectivity index (χ1) is 24.7. The van der Waals surface area contributed by atoms with Gasteiger partial charge in [0.15, 0.2) is 0 Å². The summed E-state index contributed by atoms with van der Waals surface area (Å²) < 4.78 is 65.4. The van der Waals surface area contributed by atoms with Crippen molar-refractivity contribution in [3.8, 4) is 33.4 Å². The molecule has 0 spiro atoms. The SMILES string of the molecule is [2H]c1c([2H])c(-c2ccccc2)c([2H])c(-c2cc(C(C)(C)C)cc(-c3c([2H])c([2H])c4c(c3[2H])C(C)(C)CCC4(C)C)c2Nc2ccccc2[N+](=O)[O-])c1[2H]. The van der Waals surface area contributed by atoms with Gasteiger partial charge in [-0.2, -0.15) is 0 Å². The Morgan fingerprint density at radius 3 is 1.98 bits per heavy atom. The van der Waals surface area contributed by atoms with Crippen LogP contribution in [-0.4, -0.2) is 4.92 Å². The summed E-state index contributed by atoms with van der Waals surface area (Å²) in [6.07, 6.45) is 1.55. The molecule has 1 aliphatic carbocycles. The number of rotatable bonds is 6. The van der Waals surface area contributed by atoms with Crippen LogP contribution in [-0.2, 0) is 16.2 Å². The van der Waals surface area contributed by atoms with Gasteiger partial charge in [0, 0.05) is 17.2 Å². The molecule has 46 heavy (non-hydrogen) atoms. The second-order valence-corrected chi connectivity index (χ2v) is 14.5. The fraction of sp³-hybridized carbons (Fsp3) is 0.286. The molecule has 5 aromatic carbocycles. The summed E-state index contributed by atoms with van der Waals surface area (Å²) in [5, 5.41) is 15.6. The Balaban J connectivity index is 1.84. The fourth-order valence-corrected chi connectivity index (χ4v) is 6.14. The van der Waals surface area contributed by atoms with Gasteiger partial charge in [0.05, 0.1) is 20.2 Å². The van der Waals surface area contributed by atoms with Crippen LogP contribution in [0.25, 0.3) is 33.4 Å². The molecule has 6 rings (SSSR count). The lowest BCUT2D eigenvalue weighted by Crippen LogP contribution is -2.33. The number of anilines is 2. The predicted octanol–water partition coefficient (Wildman–Crippen LogP) is 12.0. The summed E-state index contributed by atoms with van der Waals surface area (Å²) in [4.78, 5) is 11.8. The number of nitrogens with one attached hydrogen (secondary N) is 1. The molecule has 0 aliphatic heterocycles. The maximum atomic E-state index is 12.3. The summed E-state index contributed by atoms with van der Waals surface area (Å²) in [5.74, 6) is 0. The molecule has 0 atom stereocenters. The van der Waals surface area contributed by atoms with Gasteiger partial charge >= 0.3 is 0 Å². The summed E-state index contributed by atoms with van der Waals surface area (Å²) in [7, 11) is 0. The van der Waals surface area contributed by atoms with Crippen LogP contribution in [0, 0.1) is 10.1 Å². The van der Waals surface area contributed by atoms with Gasteiger partial charge in [-0.25, -0.2) is 0 Å². The van der Waals surface area contributed by atoms with Gasteiger partial charge in [0.1, 0.15) is 5.69 Å². The average molecular weight is 616 g/mol. The quantitative estimate of drug-likeness (QED) is 0.153. The van der Waals surface area contributed by atoms with E-state index in [2.05, 4.69) is 19.2 Å². The van der Waals surface area contributed by atoms with Crippen molar-refractivity contribution in [1.29, 1.82) is 0 Å². The lowest BCUT2D eigenvalue weighted by atomic mass is 9.63. The third kappa shape index (κ3) is 5.97. The van der Waals surface area contributed by atoms with Gasteiger partial charge in [-0.1, -0.05) is 127 Å². The average Bonchev–Trinajstić information content (AvgIpc) is 3.08. The smallest absolute Gasteiger partial charge is 0.292 e. The fourth-order valence-electron chi connectivity index (χ4n) is 6.14. The molecule has 0 heterocycles. The first-order valence-corrected chi connectivity index (χ1v) is 15.7. The molecule has 5 aromatic rings. The predicted molar refractivity (Wildman–Crippen MR) is 193 cm³/mol. The molecule has 0 saturated carbocycles. The van der Waals surface area contributed by atoms with Crippen molar-refractivity contribution < 1.29 is 14.5 Å². The first-order valence-electron chi connectivity index (χ1n) is 19.2. The Morgan fingerprint density at radius 1 is 0.739 bits per heavy atom. The number of fused-ring (bicyclic) bond motifs is 1. The second-order valence-electron chi connectivity index (χ2n) is 14.5. The van der Waals surface area contributed by atoms with Crippen molar-refractivity contribution in [1.82, 2.24) is 0 Å². The molecular weight excluding hydrogens is 564 g/mol. The molecule has 0 fully saturated rings. The molecule has 0 saturated heterocycles. The summed E-state index contributed by atoms with van der Waals surface area (Å²) in [5.41, 5.74) is 2.11. The van der Waals surface area contributed by atoms with E-state index >= 15 is 0 Å². The molecular formula is C42H44N2O2. The van der Waals surface area contributed by atoms with Crippen LogP contribution in [0.5, 0.6) is 0 Å². The Bertz CT molecular complexity index is 2310. The highest BCUT2D eigenvalue weighted by atomic mass is 16.6. The van der Waals surface area contributed by atoms with Gasteiger partial charge < -0.3 is 5.32 Å². The highest BCUT2D eigenvalue weighted by Gasteiger charge is 2.37. The number of para-hydroxylation sites is 2. The third-order valence-electron chi connectivity index (χ3n) is 9.13. The zero-order valence-corrected chi connectivity index (χ0v) is 27.5. The van der Waals surface area contributed by atoms with Gasteiger partial charge in [0.2, 0.25) is 0 Å². The van der Waals surface area contributed by atoms with E-state index in [4.69, 9.17) is 2.74 Å². The maximum Gasteiger partial charge on any atom is 0.292 e. The standard InChI is InChI=1S/C42H44N2O2/c1-40(2,3)32-26-33(30-17-13-16-29(24-30)28-14-9-8-10-15-28)39(43-37-18-11-12-19-38(37)44(45)46)34(27-32)31-20-21-35-36(25-31)42(6,7)23-22-41(35,4)5/h8-21,24-27,43H,22-23H2,1-7H3/i13D,16D,17D,20D,21D,24D,25D. The van der Waals surface area contributed by atoms with Crippen LogP contribution in [0.15, 0.2) is 109 Å².